The molecule has 0 aromatic carbocycles. The monoisotopic (exact) mass is 266 g/mol. The molecule has 0 unspecified atom stereocenters. The molecule has 17 heavy (non-hydrogen) atoms. The number of pyridine rings is 1. The highest BCUT2D eigenvalue weighted by Gasteiger charge is 2.30. The van der Waals surface area contributed by atoms with E-state index in [2.05, 4.69) is 4.98 Å². The summed E-state index contributed by atoms with van der Waals surface area (Å²) in [6.45, 7) is 0. The van der Waals surface area contributed by atoms with Crippen LogP contribution in [-0.4, -0.2) is 21.0 Å². The Balaban J connectivity index is 3.47. The van der Waals surface area contributed by atoms with E-state index in [0.29, 0.717) is 0 Å². The molecule has 0 saturated heterocycles. The van der Waals surface area contributed by atoms with Crippen molar-refractivity contribution in [1.82, 2.24) is 4.98 Å². The Morgan fingerprint density at radius 1 is 1.65 bits per heavy atom. The normalized spacial score (nSPS) is 10.6. The Morgan fingerprint density at radius 3 is 2.65 bits per heavy atom. The maximum atomic E-state index is 12.7. The van der Waals surface area contributed by atoms with Gasteiger partial charge < -0.3 is 5.11 Å². The average Bonchev–Trinajstić information content (AvgIpc) is 2.18. The third-order valence-electron chi connectivity index (χ3n) is 1.87. The van der Waals surface area contributed by atoms with Gasteiger partial charge in [-0.05, 0) is 5.56 Å². The third kappa shape index (κ3) is 2.84. The van der Waals surface area contributed by atoms with Crippen LogP contribution in [0.2, 0.25) is 5.15 Å². The number of rotatable bonds is 4. The van der Waals surface area contributed by atoms with E-state index in [4.69, 9.17) is 16.7 Å². The number of hydrogen-bond acceptors (Lipinski definition) is 4. The molecular weight excluding hydrogens is 262 g/mol. The summed E-state index contributed by atoms with van der Waals surface area (Å²) in [6.07, 6.45) is -3.19. The highest BCUT2D eigenvalue weighted by molar-refractivity contribution is 6.31. The Hall–Kier alpha value is -1.83. The lowest BCUT2D eigenvalue weighted by Gasteiger charge is -2.07. The van der Waals surface area contributed by atoms with Gasteiger partial charge in [0.2, 0.25) is 5.15 Å². The maximum absolute atomic E-state index is 12.7. The van der Waals surface area contributed by atoms with Gasteiger partial charge in [-0.1, -0.05) is 11.6 Å². The number of halogens is 3. The first-order chi connectivity index (χ1) is 7.84. The van der Waals surface area contributed by atoms with Gasteiger partial charge in [-0.2, -0.15) is 0 Å². The van der Waals surface area contributed by atoms with Gasteiger partial charge in [-0.25, -0.2) is 13.8 Å². The molecule has 1 aromatic rings. The molecule has 9 heteroatoms. The van der Waals surface area contributed by atoms with Gasteiger partial charge in [-0.15, -0.1) is 0 Å². The van der Waals surface area contributed by atoms with Gasteiger partial charge in [0, 0.05) is 6.20 Å². The van der Waals surface area contributed by atoms with Crippen LogP contribution in [0.5, 0.6) is 0 Å². The molecule has 0 atom stereocenters. The highest BCUT2D eigenvalue weighted by Crippen LogP contribution is 2.36. The smallest absolute Gasteiger partial charge is 0.315 e. The summed E-state index contributed by atoms with van der Waals surface area (Å²) in [5.41, 5.74) is -2.48. The summed E-state index contributed by atoms with van der Waals surface area (Å²) in [7, 11) is 0. The topological polar surface area (TPSA) is 93.3 Å². The number of aliphatic carboxylic acids is 1. The van der Waals surface area contributed by atoms with E-state index in [1.165, 1.54) is 0 Å². The van der Waals surface area contributed by atoms with Crippen molar-refractivity contribution in [2.24, 2.45) is 0 Å². The van der Waals surface area contributed by atoms with Crippen LogP contribution in [0, 0.1) is 10.1 Å². The van der Waals surface area contributed by atoms with Crippen LogP contribution in [0.3, 0.4) is 0 Å². The van der Waals surface area contributed by atoms with Crippen LogP contribution in [0.25, 0.3) is 0 Å². The minimum atomic E-state index is -3.20. The first-order valence-corrected chi connectivity index (χ1v) is 4.54. The fraction of sp³-hybridized carbons (Fsp3) is 0.250. The van der Waals surface area contributed by atoms with Crippen molar-refractivity contribution in [2.45, 2.75) is 12.8 Å². The summed E-state index contributed by atoms with van der Waals surface area (Å²) in [6, 6.07) is 0. The zero-order chi connectivity index (χ0) is 13.2. The highest BCUT2D eigenvalue weighted by atomic mass is 35.5. The van der Waals surface area contributed by atoms with E-state index < -0.39 is 45.7 Å². The second kappa shape index (κ2) is 5.00. The largest absolute Gasteiger partial charge is 0.481 e. The lowest BCUT2D eigenvalue weighted by Crippen LogP contribution is -2.08. The predicted molar refractivity (Wildman–Crippen MR) is 52.2 cm³/mol. The molecule has 0 aliphatic carbocycles. The molecule has 0 aliphatic heterocycles. The van der Waals surface area contributed by atoms with Gasteiger partial charge >= 0.3 is 11.7 Å². The van der Waals surface area contributed by atoms with Crippen molar-refractivity contribution in [2.75, 3.05) is 0 Å². The molecule has 6 nitrogen and oxygen atoms in total. The summed E-state index contributed by atoms with van der Waals surface area (Å²) in [4.78, 5) is 23.2. The minimum Gasteiger partial charge on any atom is -0.481 e. The van der Waals surface area contributed by atoms with Crippen molar-refractivity contribution in [3.8, 4) is 0 Å². The molecule has 0 aliphatic rings. The average molecular weight is 267 g/mol. The van der Waals surface area contributed by atoms with E-state index in [9.17, 15) is 23.7 Å². The third-order valence-corrected chi connectivity index (χ3v) is 2.15. The molecule has 0 amide bonds. The molecule has 0 spiro atoms. The zero-order valence-corrected chi connectivity index (χ0v) is 8.82. The number of hydrogen-bond donors (Lipinski definition) is 1. The second-order valence-electron chi connectivity index (χ2n) is 2.96. The van der Waals surface area contributed by atoms with E-state index in [1.807, 2.05) is 0 Å². The number of nitro groups is 1. The molecule has 0 saturated carbocycles. The molecule has 0 radical (unpaired) electrons. The first-order valence-electron chi connectivity index (χ1n) is 4.16. The summed E-state index contributed by atoms with van der Waals surface area (Å²) in [5.74, 6) is -1.40. The quantitative estimate of drug-likeness (QED) is 0.512. The summed E-state index contributed by atoms with van der Waals surface area (Å²) >= 11 is 5.34. The van der Waals surface area contributed by atoms with Gasteiger partial charge in [0.15, 0.2) is 0 Å². The van der Waals surface area contributed by atoms with Crippen molar-refractivity contribution in [3.63, 3.8) is 0 Å². The number of carbonyl (C=O) groups is 1. The Labute approximate surface area is 98.0 Å². The fourth-order valence-electron chi connectivity index (χ4n) is 1.25. The van der Waals surface area contributed by atoms with Crippen molar-refractivity contribution in [3.05, 3.63) is 32.6 Å². The SMILES string of the molecule is O=C(O)Cc1cnc(Cl)c([N+](=O)[O-])c1C(F)F. The van der Waals surface area contributed by atoms with Crippen LogP contribution in [0.4, 0.5) is 14.5 Å². The second-order valence-corrected chi connectivity index (χ2v) is 3.32. The standard InChI is InChI=1S/C8H5ClF2N2O4/c9-7-6(13(16)17)5(8(10)11)3(2-12-7)1-4(14)15/h2,8H,1H2,(H,14,15). The van der Waals surface area contributed by atoms with Crippen LogP contribution < -0.4 is 0 Å². The summed E-state index contributed by atoms with van der Waals surface area (Å²) < 4.78 is 25.4. The van der Waals surface area contributed by atoms with Crippen molar-refractivity contribution in [1.29, 1.82) is 0 Å². The number of nitrogens with zero attached hydrogens (tertiary/aromatic N) is 2. The summed E-state index contributed by atoms with van der Waals surface area (Å²) in [5, 5.41) is 18.4. The molecular formula is C8H5ClF2N2O4. The van der Waals surface area contributed by atoms with Crippen LogP contribution >= 0.6 is 11.6 Å². The van der Waals surface area contributed by atoms with Gasteiger partial charge in [0.05, 0.1) is 11.3 Å². The molecule has 0 fully saturated rings. The van der Waals surface area contributed by atoms with E-state index >= 15 is 0 Å². The number of carboxylic acids is 1. The molecule has 1 aromatic heterocycles. The van der Waals surface area contributed by atoms with Crippen LogP contribution in [-0.2, 0) is 11.2 Å². The molecule has 92 valence electrons. The lowest BCUT2D eigenvalue weighted by molar-refractivity contribution is -0.386. The molecule has 0 bridgehead atoms. The predicted octanol–water partition coefficient (Wildman–Crippen LogP) is 2.21. The number of alkyl halides is 2. The van der Waals surface area contributed by atoms with E-state index in [-0.39, 0.29) is 0 Å². The van der Waals surface area contributed by atoms with Crippen LogP contribution in [0.15, 0.2) is 6.20 Å². The van der Waals surface area contributed by atoms with Gasteiger partial charge in [-0.3, -0.25) is 14.9 Å². The lowest BCUT2D eigenvalue weighted by atomic mass is 10.1. The van der Waals surface area contributed by atoms with Gasteiger partial charge in [0.25, 0.3) is 6.43 Å². The van der Waals surface area contributed by atoms with Crippen molar-refractivity contribution >= 4 is 23.3 Å². The molecule has 1 heterocycles. The molecule has 1 N–H and O–H groups in total. The number of aromatic nitrogens is 1. The Morgan fingerprint density at radius 2 is 2.24 bits per heavy atom. The minimum absolute atomic E-state index is 0.427. The first kappa shape index (κ1) is 13.2. The van der Waals surface area contributed by atoms with E-state index in [1.54, 1.807) is 0 Å². The Bertz CT molecular complexity index is 481. The maximum Gasteiger partial charge on any atom is 0.315 e. The molecule has 1 rings (SSSR count). The zero-order valence-electron chi connectivity index (χ0n) is 8.06. The van der Waals surface area contributed by atoms with Crippen LogP contribution in [0.1, 0.15) is 17.6 Å². The number of carboxylic acid groups (broad SMARTS) is 1. The van der Waals surface area contributed by atoms with Gasteiger partial charge in [0.1, 0.15) is 5.56 Å². The van der Waals surface area contributed by atoms with Crippen molar-refractivity contribution < 1.29 is 23.6 Å². The van der Waals surface area contributed by atoms with E-state index in [0.717, 1.165) is 6.20 Å². The fourth-order valence-corrected chi connectivity index (χ4v) is 1.47. The Kier molecular flexibility index (Phi) is 3.89.